The van der Waals surface area contributed by atoms with Gasteiger partial charge in [0.25, 0.3) is 5.91 Å². The Bertz CT molecular complexity index is 771. The second kappa shape index (κ2) is 9.97. The maximum absolute atomic E-state index is 12.8. The summed E-state index contributed by atoms with van der Waals surface area (Å²) in [6, 6.07) is 12.3. The topological polar surface area (TPSA) is 76.9 Å². The predicted octanol–water partition coefficient (Wildman–Crippen LogP) is 2.02. The van der Waals surface area contributed by atoms with Gasteiger partial charge < -0.3 is 19.4 Å². The van der Waals surface area contributed by atoms with Gasteiger partial charge in [-0.3, -0.25) is 9.59 Å². The lowest BCUT2D eigenvalue weighted by Crippen LogP contribution is -2.45. The molecule has 0 aliphatic carbocycles. The number of ether oxygens (including phenoxy) is 1. The number of likely N-dealkylation sites (tertiary alicyclic amines) is 1. The van der Waals surface area contributed by atoms with Crippen molar-refractivity contribution in [1.82, 2.24) is 9.80 Å². The van der Waals surface area contributed by atoms with Gasteiger partial charge in [-0.2, -0.15) is 5.26 Å². The van der Waals surface area contributed by atoms with Gasteiger partial charge in [0, 0.05) is 51.2 Å². The fourth-order valence-electron chi connectivity index (χ4n) is 3.81. The summed E-state index contributed by atoms with van der Waals surface area (Å²) in [6.45, 7) is 6.33. The van der Waals surface area contributed by atoms with Crippen molar-refractivity contribution in [2.45, 2.75) is 19.8 Å². The molecule has 3 rings (SSSR count). The quantitative estimate of drug-likeness (QED) is 0.431. The Kier molecular flexibility index (Phi) is 7.12. The number of hydrogen-bond acceptors (Lipinski definition) is 6. The van der Waals surface area contributed by atoms with Crippen molar-refractivity contribution < 1.29 is 14.3 Å². The molecule has 0 N–H and O–H groups in total. The summed E-state index contributed by atoms with van der Waals surface area (Å²) in [5.74, 6) is -0.591. The number of benzene rings is 1. The Balaban J connectivity index is 1.53. The summed E-state index contributed by atoms with van der Waals surface area (Å²) < 4.78 is 5.07. The molecular formula is C22H28N4O3. The number of carbonyl (C=O) groups is 2. The van der Waals surface area contributed by atoms with E-state index in [0.717, 1.165) is 26.2 Å². The van der Waals surface area contributed by atoms with Crippen LogP contribution in [0.15, 0.2) is 42.1 Å². The van der Waals surface area contributed by atoms with Crippen molar-refractivity contribution >= 4 is 17.6 Å². The zero-order chi connectivity index (χ0) is 20.6. The van der Waals surface area contributed by atoms with E-state index < -0.39 is 0 Å². The lowest BCUT2D eigenvalue weighted by Gasteiger charge is -2.36. The molecule has 0 saturated carbocycles. The number of amides is 1. The number of hydrogen-bond donors (Lipinski definition) is 0. The third kappa shape index (κ3) is 5.29. The van der Waals surface area contributed by atoms with Crippen molar-refractivity contribution in [3.05, 3.63) is 42.1 Å². The summed E-state index contributed by atoms with van der Waals surface area (Å²) in [7, 11) is 0. The largest absolute Gasteiger partial charge is 0.466 e. The van der Waals surface area contributed by atoms with E-state index in [1.54, 1.807) is 18.0 Å². The maximum Gasteiger partial charge on any atom is 0.309 e. The third-order valence-electron chi connectivity index (χ3n) is 5.50. The smallest absolute Gasteiger partial charge is 0.309 e. The molecule has 0 bridgehead atoms. The SMILES string of the molecule is CCOC(=O)C1CCN(C(=O)/C(C#N)=C\N2CCN(c3ccccc3)CC2)CC1. The first kappa shape index (κ1) is 20.7. The molecule has 1 aromatic carbocycles. The van der Waals surface area contributed by atoms with Crippen LogP contribution in [0.4, 0.5) is 5.69 Å². The van der Waals surface area contributed by atoms with Crippen LogP contribution in [-0.4, -0.2) is 67.6 Å². The highest BCUT2D eigenvalue weighted by Gasteiger charge is 2.29. The normalized spacial score (nSPS) is 18.3. The molecule has 0 spiro atoms. The van der Waals surface area contributed by atoms with E-state index in [2.05, 4.69) is 23.1 Å². The first-order valence-electron chi connectivity index (χ1n) is 10.2. The third-order valence-corrected chi connectivity index (χ3v) is 5.50. The van der Waals surface area contributed by atoms with Gasteiger partial charge in [0.1, 0.15) is 11.6 Å². The van der Waals surface area contributed by atoms with Crippen LogP contribution in [-0.2, 0) is 14.3 Å². The molecule has 0 unspecified atom stereocenters. The minimum absolute atomic E-state index is 0.153. The van der Waals surface area contributed by atoms with Crippen molar-refractivity contribution in [2.24, 2.45) is 5.92 Å². The second-order valence-corrected chi connectivity index (χ2v) is 7.33. The minimum atomic E-state index is -0.250. The van der Waals surface area contributed by atoms with E-state index in [4.69, 9.17) is 4.74 Å². The number of anilines is 1. The fourth-order valence-corrected chi connectivity index (χ4v) is 3.81. The number of rotatable bonds is 5. The maximum atomic E-state index is 12.8. The van der Waals surface area contributed by atoms with E-state index in [1.165, 1.54) is 5.69 Å². The van der Waals surface area contributed by atoms with Gasteiger partial charge in [-0.15, -0.1) is 0 Å². The Morgan fingerprint density at radius 2 is 1.76 bits per heavy atom. The average molecular weight is 396 g/mol. The van der Waals surface area contributed by atoms with Crippen LogP contribution in [0.1, 0.15) is 19.8 Å². The van der Waals surface area contributed by atoms with Gasteiger partial charge >= 0.3 is 5.97 Å². The molecule has 0 atom stereocenters. The van der Waals surface area contributed by atoms with Gasteiger partial charge in [-0.1, -0.05) is 18.2 Å². The minimum Gasteiger partial charge on any atom is -0.466 e. The van der Waals surface area contributed by atoms with E-state index in [9.17, 15) is 14.9 Å². The highest BCUT2D eigenvalue weighted by atomic mass is 16.5. The number of esters is 1. The first-order valence-corrected chi connectivity index (χ1v) is 10.2. The monoisotopic (exact) mass is 396 g/mol. The Labute approximate surface area is 172 Å². The number of carbonyl (C=O) groups excluding carboxylic acids is 2. The van der Waals surface area contributed by atoms with Crippen LogP contribution in [0.2, 0.25) is 0 Å². The van der Waals surface area contributed by atoms with Gasteiger partial charge in [-0.05, 0) is 31.9 Å². The van der Waals surface area contributed by atoms with Gasteiger partial charge in [-0.25, -0.2) is 0 Å². The summed E-state index contributed by atoms with van der Waals surface area (Å²) in [5, 5.41) is 9.52. The molecule has 0 radical (unpaired) electrons. The second-order valence-electron chi connectivity index (χ2n) is 7.33. The Morgan fingerprint density at radius 1 is 1.10 bits per heavy atom. The van der Waals surface area contributed by atoms with Crippen molar-refractivity contribution in [1.29, 1.82) is 5.26 Å². The molecule has 7 heteroatoms. The number of piperazine rings is 1. The molecule has 1 aromatic rings. The van der Waals surface area contributed by atoms with Gasteiger partial charge in [0.2, 0.25) is 0 Å². The molecule has 2 fully saturated rings. The first-order chi connectivity index (χ1) is 14.1. The molecule has 0 aromatic heterocycles. The highest BCUT2D eigenvalue weighted by molar-refractivity contribution is 5.97. The molecular weight excluding hydrogens is 368 g/mol. The Morgan fingerprint density at radius 3 is 2.34 bits per heavy atom. The van der Waals surface area contributed by atoms with Crippen LogP contribution >= 0.6 is 0 Å². The van der Waals surface area contributed by atoms with E-state index in [0.29, 0.717) is 32.5 Å². The van der Waals surface area contributed by atoms with Gasteiger partial charge in [0.05, 0.1) is 12.5 Å². The zero-order valence-electron chi connectivity index (χ0n) is 16.9. The van der Waals surface area contributed by atoms with Crippen LogP contribution in [0.25, 0.3) is 0 Å². The molecule has 1 amide bonds. The molecule has 7 nitrogen and oxygen atoms in total. The lowest BCUT2D eigenvalue weighted by molar-refractivity contribution is -0.150. The molecule has 154 valence electrons. The predicted molar refractivity (Wildman–Crippen MR) is 110 cm³/mol. The molecule has 2 aliphatic rings. The number of para-hydroxylation sites is 1. The van der Waals surface area contributed by atoms with Crippen LogP contribution in [0.3, 0.4) is 0 Å². The number of nitriles is 1. The fraction of sp³-hybridized carbons (Fsp3) is 0.500. The van der Waals surface area contributed by atoms with Crippen LogP contribution in [0, 0.1) is 17.2 Å². The van der Waals surface area contributed by atoms with Gasteiger partial charge in [0.15, 0.2) is 0 Å². The number of piperidine rings is 1. The lowest BCUT2D eigenvalue weighted by atomic mass is 9.96. The van der Waals surface area contributed by atoms with Crippen LogP contribution in [0.5, 0.6) is 0 Å². The molecule has 2 aliphatic heterocycles. The molecule has 29 heavy (non-hydrogen) atoms. The average Bonchev–Trinajstić information content (AvgIpc) is 2.78. The summed E-state index contributed by atoms with van der Waals surface area (Å²) in [5.41, 5.74) is 1.35. The Hall–Kier alpha value is -3.01. The molecule has 2 saturated heterocycles. The highest BCUT2D eigenvalue weighted by Crippen LogP contribution is 2.21. The number of nitrogens with zero attached hydrogens (tertiary/aromatic N) is 4. The van der Waals surface area contributed by atoms with Crippen molar-refractivity contribution in [2.75, 3.05) is 50.8 Å². The van der Waals surface area contributed by atoms with E-state index in [1.807, 2.05) is 23.1 Å². The zero-order valence-corrected chi connectivity index (χ0v) is 16.9. The summed E-state index contributed by atoms with van der Waals surface area (Å²) >= 11 is 0. The van der Waals surface area contributed by atoms with Crippen LogP contribution < -0.4 is 4.90 Å². The van der Waals surface area contributed by atoms with Crippen molar-refractivity contribution in [3.8, 4) is 6.07 Å². The summed E-state index contributed by atoms with van der Waals surface area (Å²) in [4.78, 5) is 30.6. The molecule has 2 heterocycles. The van der Waals surface area contributed by atoms with E-state index in [-0.39, 0.29) is 23.4 Å². The summed E-state index contributed by atoms with van der Waals surface area (Å²) in [6.07, 6.45) is 2.86. The standard InChI is InChI=1S/C22H28N4O3/c1-2-29-22(28)18-8-10-26(11-9-18)21(27)19(16-23)17-24-12-14-25(15-13-24)20-6-4-3-5-7-20/h3-7,17-18H,2,8-15H2,1H3/b19-17-. The van der Waals surface area contributed by atoms with E-state index >= 15 is 0 Å². The van der Waals surface area contributed by atoms with Crippen molar-refractivity contribution in [3.63, 3.8) is 0 Å².